The van der Waals surface area contributed by atoms with E-state index in [1.165, 1.54) is 37.6 Å². The van der Waals surface area contributed by atoms with Gasteiger partial charge in [-0.3, -0.25) is 0 Å². The van der Waals surface area contributed by atoms with Crippen LogP contribution in [0.2, 0.25) is 0 Å². The van der Waals surface area contributed by atoms with Gasteiger partial charge in [0, 0.05) is 11.7 Å². The van der Waals surface area contributed by atoms with Gasteiger partial charge in [0.05, 0.1) is 17.1 Å². The van der Waals surface area contributed by atoms with Crippen LogP contribution in [-0.4, -0.2) is 15.7 Å². The minimum atomic E-state index is 0.185. The Morgan fingerprint density at radius 1 is 1.00 bits per heavy atom. The highest BCUT2D eigenvalue weighted by molar-refractivity contribution is 5.80. The summed E-state index contributed by atoms with van der Waals surface area (Å²) in [5.74, 6) is 1.84. The molecule has 0 spiro atoms. The van der Waals surface area contributed by atoms with Crippen LogP contribution in [0.3, 0.4) is 0 Å². The van der Waals surface area contributed by atoms with Gasteiger partial charge in [0.2, 0.25) is 5.95 Å². The van der Waals surface area contributed by atoms with E-state index in [-0.39, 0.29) is 6.10 Å². The lowest BCUT2D eigenvalue weighted by atomic mass is 9.95. The number of fused-ring (bicyclic) bond motifs is 1. The molecule has 1 aliphatic rings. The first-order valence-electron chi connectivity index (χ1n) is 9.71. The van der Waals surface area contributed by atoms with Crippen molar-refractivity contribution in [3.05, 3.63) is 48.5 Å². The van der Waals surface area contributed by atoms with Gasteiger partial charge in [-0.1, -0.05) is 31.4 Å². The third-order valence-electron chi connectivity index (χ3n) is 5.02. The zero-order valence-corrected chi connectivity index (χ0v) is 15.6. The first-order chi connectivity index (χ1) is 12.7. The van der Waals surface area contributed by atoms with Crippen LogP contribution in [0.4, 0.5) is 11.6 Å². The highest BCUT2D eigenvalue weighted by Gasteiger charge is 2.21. The third-order valence-corrected chi connectivity index (χ3v) is 5.02. The van der Waals surface area contributed by atoms with Gasteiger partial charge < -0.3 is 14.6 Å². The lowest BCUT2D eigenvalue weighted by Gasteiger charge is -2.25. The Kier molecular flexibility index (Phi) is 4.83. The van der Waals surface area contributed by atoms with Crippen LogP contribution in [0.5, 0.6) is 5.75 Å². The molecule has 4 rings (SSSR count). The standard InChI is InChI=1S/C22H27N3O/c1-16(2)26-19-14-12-17(13-15-19)23-22-24-20-10-6-7-11-21(20)25(22)18-8-4-3-5-9-18/h6-7,10-16,18H,3-5,8-9H2,1-2H3,(H,23,24). The van der Waals surface area contributed by atoms with E-state index in [2.05, 4.69) is 46.3 Å². The van der Waals surface area contributed by atoms with E-state index in [1.54, 1.807) is 0 Å². The molecule has 1 fully saturated rings. The fourth-order valence-corrected chi connectivity index (χ4v) is 3.86. The van der Waals surface area contributed by atoms with Crippen molar-refractivity contribution in [1.29, 1.82) is 0 Å². The van der Waals surface area contributed by atoms with Crippen molar-refractivity contribution in [3.8, 4) is 5.75 Å². The molecule has 1 aromatic heterocycles. The summed E-state index contributed by atoms with van der Waals surface area (Å²) in [6, 6.07) is 17.1. The number of ether oxygens (including phenoxy) is 1. The van der Waals surface area contributed by atoms with Gasteiger partial charge >= 0.3 is 0 Å². The lowest BCUT2D eigenvalue weighted by Crippen LogP contribution is -2.15. The van der Waals surface area contributed by atoms with Crippen LogP contribution < -0.4 is 10.1 Å². The molecule has 1 N–H and O–H groups in total. The van der Waals surface area contributed by atoms with Gasteiger partial charge in [-0.25, -0.2) is 4.98 Å². The van der Waals surface area contributed by atoms with Gasteiger partial charge in [0.1, 0.15) is 5.75 Å². The van der Waals surface area contributed by atoms with E-state index in [4.69, 9.17) is 9.72 Å². The molecule has 1 heterocycles. The Labute approximate surface area is 155 Å². The SMILES string of the molecule is CC(C)Oc1ccc(Nc2nc3ccccc3n2C2CCCCC2)cc1. The molecule has 0 radical (unpaired) electrons. The number of rotatable bonds is 5. The van der Waals surface area contributed by atoms with E-state index in [1.807, 2.05) is 26.0 Å². The largest absolute Gasteiger partial charge is 0.491 e. The fourth-order valence-electron chi connectivity index (χ4n) is 3.86. The predicted octanol–water partition coefficient (Wildman–Crippen LogP) is 6.07. The first kappa shape index (κ1) is 17.0. The minimum absolute atomic E-state index is 0.185. The molecule has 0 atom stereocenters. The van der Waals surface area contributed by atoms with Crippen molar-refractivity contribution in [2.45, 2.75) is 58.1 Å². The third kappa shape index (κ3) is 3.55. The van der Waals surface area contributed by atoms with Gasteiger partial charge in [-0.05, 0) is 63.1 Å². The smallest absolute Gasteiger partial charge is 0.208 e. The monoisotopic (exact) mass is 349 g/mol. The van der Waals surface area contributed by atoms with Crippen LogP contribution in [0, 0.1) is 0 Å². The highest BCUT2D eigenvalue weighted by Crippen LogP contribution is 2.35. The van der Waals surface area contributed by atoms with Crippen molar-refractivity contribution in [1.82, 2.24) is 9.55 Å². The summed E-state index contributed by atoms with van der Waals surface area (Å²) in [5, 5.41) is 3.54. The summed E-state index contributed by atoms with van der Waals surface area (Å²) in [6.07, 6.45) is 6.61. The van der Waals surface area contributed by atoms with Crippen LogP contribution in [0.15, 0.2) is 48.5 Å². The normalized spacial score (nSPS) is 15.5. The molecule has 0 saturated heterocycles. The molecular formula is C22H27N3O. The average molecular weight is 349 g/mol. The van der Waals surface area contributed by atoms with E-state index in [0.29, 0.717) is 6.04 Å². The van der Waals surface area contributed by atoms with E-state index in [9.17, 15) is 0 Å². The molecule has 0 amide bonds. The van der Waals surface area contributed by atoms with E-state index >= 15 is 0 Å². The van der Waals surface area contributed by atoms with Gasteiger partial charge in [-0.15, -0.1) is 0 Å². The molecule has 1 aliphatic carbocycles. The summed E-state index contributed by atoms with van der Waals surface area (Å²) in [7, 11) is 0. The zero-order chi connectivity index (χ0) is 17.9. The maximum Gasteiger partial charge on any atom is 0.208 e. The Morgan fingerprint density at radius 2 is 1.73 bits per heavy atom. The summed E-state index contributed by atoms with van der Waals surface area (Å²) in [6.45, 7) is 4.08. The maximum absolute atomic E-state index is 5.74. The summed E-state index contributed by atoms with van der Waals surface area (Å²) in [5.41, 5.74) is 3.32. The number of anilines is 2. The minimum Gasteiger partial charge on any atom is -0.491 e. The van der Waals surface area contributed by atoms with E-state index < -0.39 is 0 Å². The zero-order valence-electron chi connectivity index (χ0n) is 15.6. The van der Waals surface area contributed by atoms with Crippen molar-refractivity contribution in [2.75, 3.05) is 5.32 Å². The molecule has 2 aromatic carbocycles. The molecule has 0 bridgehead atoms. The van der Waals surface area contributed by atoms with Gasteiger partial charge in [0.15, 0.2) is 0 Å². The quantitative estimate of drug-likeness (QED) is 0.607. The molecule has 4 nitrogen and oxygen atoms in total. The summed E-state index contributed by atoms with van der Waals surface area (Å²) in [4.78, 5) is 4.87. The Bertz CT molecular complexity index is 861. The molecular weight excluding hydrogens is 322 g/mol. The lowest BCUT2D eigenvalue weighted by molar-refractivity contribution is 0.242. The number of hydrogen-bond donors (Lipinski definition) is 1. The van der Waals surface area contributed by atoms with Crippen molar-refractivity contribution >= 4 is 22.7 Å². The van der Waals surface area contributed by atoms with Crippen molar-refractivity contribution in [2.24, 2.45) is 0 Å². The van der Waals surface area contributed by atoms with Gasteiger partial charge in [-0.2, -0.15) is 0 Å². The second-order valence-corrected chi connectivity index (χ2v) is 7.40. The predicted molar refractivity (Wildman–Crippen MR) is 107 cm³/mol. The fraction of sp³-hybridized carbons (Fsp3) is 0.409. The summed E-state index contributed by atoms with van der Waals surface area (Å²) >= 11 is 0. The molecule has 0 unspecified atom stereocenters. The topological polar surface area (TPSA) is 39.1 Å². The van der Waals surface area contributed by atoms with Crippen molar-refractivity contribution in [3.63, 3.8) is 0 Å². The number of para-hydroxylation sites is 2. The molecule has 3 aromatic rings. The van der Waals surface area contributed by atoms with Crippen LogP contribution in [0.25, 0.3) is 11.0 Å². The highest BCUT2D eigenvalue weighted by atomic mass is 16.5. The number of aromatic nitrogens is 2. The van der Waals surface area contributed by atoms with Gasteiger partial charge in [0.25, 0.3) is 0 Å². The summed E-state index contributed by atoms with van der Waals surface area (Å²) < 4.78 is 8.15. The molecule has 136 valence electrons. The molecule has 4 heteroatoms. The maximum atomic E-state index is 5.74. The van der Waals surface area contributed by atoms with Crippen LogP contribution in [0.1, 0.15) is 52.0 Å². The molecule has 1 saturated carbocycles. The van der Waals surface area contributed by atoms with Crippen LogP contribution in [-0.2, 0) is 0 Å². The first-order valence-corrected chi connectivity index (χ1v) is 9.71. The Balaban J connectivity index is 1.65. The molecule has 0 aliphatic heterocycles. The number of imidazole rings is 1. The molecule has 26 heavy (non-hydrogen) atoms. The number of benzene rings is 2. The second kappa shape index (κ2) is 7.40. The second-order valence-electron chi connectivity index (χ2n) is 7.40. The van der Waals surface area contributed by atoms with Crippen LogP contribution >= 0.6 is 0 Å². The average Bonchev–Trinajstić information content (AvgIpc) is 3.01. The van der Waals surface area contributed by atoms with Crippen molar-refractivity contribution < 1.29 is 4.74 Å². The number of nitrogens with zero attached hydrogens (tertiary/aromatic N) is 2. The van der Waals surface area contributed by atoms with E-state index in [0.717, 1.165) is 22.9 Å². The Morgan fingerprint density at radius 3 is 2.46 bits per heavy atom. The number of nitrogens with one attached hydrogen (secondary N) is 1. The Hall–Kier alpha value is -2.49. The number of hydrogen-bond acceptors (Lipinski definition) is 3.